The number of hydrogen-bond donors (Lipinski definition) is 0. The van der Waals surface area contributed by atoms with E-state index in [1.165, 1.54) is 11.1 Å². The van der Waals surface area contributed by atoms with Crippen LogP contribution in [0.5, 0.6) is 0 Å². The molecule has 2 saturated heterocycles. The average molecular weight is 387 g/mol. The van der Waals surface area contributed by atoms with Crippen molar-refractivity contribution >= 4 is 5.91 Å². The van der Waals surface area contributed by atoms with Crippen LogP contribution < -0.4 is 0 Å². The minimum absolute atomic E-state index is 0.151. The molecule has 5 heteroatoms. The van der Waals surface area contributed by atoms with Crippen LogP contribution in [0.15, 0.2) is 24.3 Å². The first-order valence-electron chi connectivity index (χ1n) is 10.8. The predicted molar refractivity (Wildman–Crippen MR) is 109 cm³/mol. The van der Waals surface area contributed by atoms with E-state index in [0.717, 1.165) is 58.5 Å². The van der Waals surface area contributed by atoms with Crippen molar-refractivity contribution < 1.29 is 14.3 Å². The van der Waals surface area contributed by atoms with E-state index in [9.17, 15) is 4.79 Å². The summed E-state index contributed by atoms with van der Waals surface area (Å²) in [4.78, 5) is 18.4. The van der Waals surface area contributed by atoms with Gasteiger partial charge >= 0.3 is 0 Å². The second-order valence-electron chi connectivity index (χ2n) is 9.06. The molecule has 2 fully saturated rings. The summed E-state index contributed by atoms with van der Waals surface area (Å²) in [6, 6.07) is 8.57. The minimum atomic E-state index is -0.476. The molecule has 1 aromatic carbocycles. The molecule has 0 unspecified atom stereocenters. The molecule has 5 nitrogen and oxygen atoms in total. The highest BCUT2D eigenvalue weighted by molar-refractivity contribution is 5.88. The zero-order valence-electron chi connectivity index (χ0n) is 17.5. The van der Waals surface area contributed by atoms with Crippen molar-refractivity contribution in [2.75, 3.05) is 39.9 Å². The van der Waals surface area contributed by atoms with Crippen molar-refractivity contribution in [2.24, 2.45) is 5.92 Å². The Morgan fingerprint density at radius 2 is 1.68 bits per heavy atom. The Morgan fingerprint density at radius 1 is 1.11 bits per heavy atom. The monoisotopic (exact) mass is 386 g/mol. The van der Waals surface area contributed by atoms with Gasteiger partial charge in [0, 0.05) is 52.7 Å². The number of hydrogen-bond acceptors (Lipinski definition) is 4. The minimum Gasteiger partial charge on any atom is -0.381 e. The molecule has 154 valence electrons. The first-order valence-corrected chi connectivity index (χ1v) is 10.8. The van der Waals surface area contributed by atoms with Gasteiger partial charge < -0.3 is 14.4 Å². The lowest BCUT2D eigenvalue weighted by atomic mass is 9.89. The van der Waals surface area contributed by atoms with E-state index in [1.54, 1.807) is 0 Å². The number of carbonyl (C=O) groups excluding carboxylic acids is 1. The van der Waals surface area contributed by atoms with E-state index in [4.69, 9.17) is 9.47 Å². The SMILES string of the molecule is C[C@@H]1CN(C2(C(=O)N(C)CC3CCOCC3)Cc3ccccc3C2)C[C@H](C)O1. The Kier molecular flexibility index (Phi) is 5.77. The molecule has 0 N–H and O–H groups in total. The maximum Gasteiger partial charge on any atom is 0.243 e. The standard InChI is InChI=1S/C23H34N2O3/c1-17-14-25(15-18(2)28-17)23(12-20-6-4-5-7-21(20)13-23)22(26)24(3)16-19-8-10-27-11-9-19/h4-7,17-19H,8-16H2,1-3H3/t17-,18+. The van der Waals surface area contributed by atoms with Gasteiger partial charge in [0.1, 0.15) is 5.54 Å². The van der Waals surface area contributed by atoms with Crippen LogP contribution in [0.4, 0.5) is 0 Å². The lowest BCUT2D eigenvalue weighted by Gasteiger charge is -2.47. The van der Waals surface area contributed by atoms with E-state index in [-0.39, 0.29) is 18.1 Å². The fourth-order valence-corrected chi connectivity index (χ4v) is 5.39. The Labute approximate surface area is 169 Å². The van der Waals surface area contributed by atoms with Crippen molar-refractivity contribution in [3.63, 3.8) is 0 Å². The first-order chi connectivity index (χ1) is 13.5. The third kappa shape index (κ3) is 3.85. The molecular weight excluding hydrogens is 352 g/mol. The van der Waals surface area contributed by atoms with Gasteiger partial charge in [0.2, 0.25) is 5.91 Å². The maximum absolute atomic E-state index is 13.9. The molecular formula is C23H34N2O3. The topological polar surface area (TPSA) is 42.0 Å². The van der Waals surface area contributed by atoms with Gasteiger partial charge in [-0.1, -0.05) is 24.3 Å². The van der Waals surface area contributed by atoms with Crippen molar-refractivity contribution in [2.45, 2.75) is 57.3 Å². The zero-order valence-corrected chi connectivity index (χ0v) is 17.5. The number of nitrogens with zero attached hydrogens (tertiary/aromatic N) is 2. The van der Waals surface area contributed by atoms with E-state index in [1.807, 2.05) is 11.9 Å². The number of benzene rings is 1. The number of amides is 1. The quantitative estimate of drug-likeness (QED) is 0.797. The van der Waals surface area contributed by atoms with Gasteiger partial charge in [0.05, 0.1) is 12.2 Å². The number of carbonyl (C=O) groups is 1. The van der Waals surface area contributed by atoms with E-state index < -0.39 is 5.54 Å². The van der Waals surface area contributed by atoms with Gasteiger partial charge in [0.25, 0.3) is 0 Å². The molecule has 28 heavy (non-hydrogen) atoms. The zero-order chi connectivity index (χ0) is 19.7. The summed E-state index contributed by atoms with van der Waals surface area (Å²) in [6.45, 7) is 8.34. The average Bonchev–Trinajstić information content (AvgIpc) is 3.08. The molecule has 1 amide bonds. The van der Waals surface area contributed by atoms with Gasteiger partial charge in [-0.2, -0.15) is 0 Å². The highest BCUT2D eigenvalue weighted by Gasteiger charge is 2.51. The fourth-order valence-electron chi connectivity index (χ4n) is 5.39. The summed E-state index contributed by atoms with van der Waals surface area (Å²) >= 11 is 0. The highest BCUT2D eigenvalue weighted by atomic mass is 16.5. The van der Waals surface area contributed by atoms with Gasteiger partial charge in [-0.05, 0) is 43.7 Å². The Bertz CT molecular complexity index is 666. The maximum atomic E-state index is 13.9. The van der Waals surface area contributed by atoms with Crippen LogP contribution in [0.1, 0.15) is 37.8 Å². The molecule has 4 rings (SSSR count). The summed E-state index contributed by atoms with van der Waals surface area (Å²) in [5, 5.41) is 0. The Morgan fingerprint density at radius 3 is 2.25 bits per heavy atom. The summed E-state index contributed by atoms with van der Waals surface area (Å²) in [7, 11) is 2.00. The third-order valence-corrected chi connectivity index (χ3v) is 6.73. The second kappa shape index (κ2) is 8.13. The van der Waals surface area contributed by atoms with E-state index in [0.29, 0.717) is 5.92 Å². The molecule has 2 heterocycles. The third-order valence-electron chi connectivity index (χ3n) is 6.73. The lowest BCUT2D eigenvalue weighted by Crippen LogP contribution is -2.65. The van der Waals surface area contributed by atoms with E-state index in [2.05, 4.69) is 43.0 Å². The predicted octanol–water partition coefficient (Wildman–Crippen LogP) is 2.52. The molecule has 3 aliphatic rings. The second-order valence-corrected chi connectivity index (χ2v) is 9.06. The number of morpholine rings is 1. The van der Waals surface area contributed by atoms with Crippen LogP contribution in [0.25, 0.3) is 0 Å². The van der Waals surface area contributed by atoms with E-state index >= 15 is 0 Å². The Hall–Kier alpha value is -1.43. The van der Waals surface area contributed by atoms with Crippen LogP contribution in [0.3, 0.4) is 0 Å². The highest BCUT2D eigenvalue weighted by Crippen LogP contribution is 2.38. The number of fused-ring (bicyclic) bond motifs is 1. The van der Waals surface area contributed by atoms with Crippen LogP contribution in [0, 0.1) is 5.92 Å². The smallest absolute Gasteiger partial charge is 0.243 e. The van der Waals surface area contributed by atoms with Crippen LogP contribution >= 0.6 is 0 Å². The fraction of sp³-hybridized carbons (Fsp3) is 0.696. The van der Waals surface area contributed by atoms with Gasteiger partial charge in [-0.3, -0.25) is 9.69 Å². The van der Waals surface area contributed by atoms with Gasteiger partial charge in [0.15, 0.2) is 0 Å². The lowest BCUT2D eigenvalue weighted by molar-refractivity contribution is -0.154. The molecule has 0 saturated carbocycles. The summed E-state index contributed by atoms with van der Waals surface area (Å²) in [5.41, 5.74) is 2.17. The summed E-state index contributed by atoms with van der Waals surface area (Å²) in [5.74, 6) is 0.822. The van der Waals surface area contributed by atoms with Gasteiger partial charge in [-0.25, -0.2) is 0 Å². The normalized spacial score (nSPS) is 28.1. The molecule has 2 aliphatic heterocycles. The molecule has 0 spiro atoms. The molecule has 0 aromatic heterocycles. The molecule has 1 aromatic rings. The molecule has 2 atom stereocenters. The van der Waals surface area contributed by atoms with Crippen molar-refractivity contribution in [3.8, 4) is 0 Å². The molecule has 1 aliphatic carbocycles. The number of ether oxygens (including phenoxy) is 2. The van der Waals surface area contributed by atoms with Crippen molar-refractivity contribution in [1.29, 1.82) is 0 Å². The first kappa shape index (κ1) is 19.9. The van der Waals surface area contributed by atoms with Crippen molar-refractivity contribution in [3.05, 3.63) is 35.4 Å². The summed E-state index contributed by atoms with van der Waals surface area (Å²) in [6.07, 6.45) is 4.02. The van der Waals surface area contributed by atoms with Crippen LogP contribution in [0.2, 0.25) is 0 Å². The largest absolute Gasteiger partial charge is 0.381 e. The van der Waals surface area contributed by atoms with Gasteiger partial charge in [-0.15, -0.1) is 0 Å². The Balaban J connectivity index is 1.59. The van der Waals surface area contributed by atoms with Crippen molar-refractivity contribution in [1.82, 2.24) is 9.80 Å². The molecule has 0 bridgehead atoms. The van der Waals surface area contributed by atoms with Crippen LogP contribution in [-0.4, -0.2) is 73.3 Å². The number of likely N-dealkylation sites (N-methyl/N-ethyl adjacent to an activating group) is 1. The molecule has 0 radical (unpaired) electrons. The summed E-state index contributed by atoms with van der Waals surface area (Å²) < 4.78 is 11.5. The number of rotatable bonds is 4. The van der Waals surface area contributed by atoms with Crippen LogP contribution in [-0.2, 0) is 27.1 Å².